The number of hydrogen-bond donors (Lipinski definition) is 2. The summed E-state index contributed by atoms with van der Waals surface area (Å²) in [7, 11) is 2.94. The molecule has 2 amide bonds. The molecule has 0 aliphatic heterocycles. The second-order valence-electron chi connectivity index (χ2n) is 3.94. The third-order valence-electron chi connectivity index (χ3n) is 2.62. The van der Waals surface area contributed by atoms with E-state index in [1.165, 1.54) is 21.1 Å². The second kappa shape index (κ2) is 6.42. The Morgan fingerprint density at radius 1 is 1.42 bits per heavy atom. The van der Waals surface area contributed by atoms with Crippen LogP contribution >= 0.6 is 15.9 Å². The summed E-state index contributed by atoms with van der Waals surface area (Å²) in [6, 6.07) is 3.67. The van der Waals surface area contributed by atoms with E-state index in [1.54, 1.807) is 18.2 Å². The number of rotatable bonds is 4. The number of urea groups is 1. The maximum Gasteiger partial charge on any atom is 0.326 e. The number of anilines is 1. The van der Waals surface area contributed by atoms with E-state index >= 15 is 0 Å². The first-order chi connectivity index (χ1) is 8.85. The Labute approximate surface area is 119 Å². The average molecular weight is 331 g/mol. The number of aliphatic carboxylic acids is 1. The molecule has 1 atom stereocenters. The molecule has 1 unspecified atom stereocenters. The molecule has 0 saturated heterocycles. The molecule has 1 aromatic rings. The van der Waals surface area contributed by atoms with Crippen molar-refractivity contribution in [2.24, 2.45) is 0 Å². The molecule has 0 spiro atoms. The number of ether oxygens (including phenoxy) is 1. The van der Waals surface area contributed by atoms with Gasteiger partial charge in [0, 0.05) is 23.3 Å². The van der Waals surface area contributed by atoms with Crippen LogP contribution in [0.15, 0.2) is 22.7 Å². The van der Waals surface area contributed by atoms with Crippen molar-refractivity contribution in [3.05, 3.63) is 22.7 Å². The third kappa shape index (κ3) is 4.13. The van der Waals surface area contributed by atoms with Crippen LogP contribution in [0.5, 0.6) is 5.75 Å². The Kier molecular flexibility index (Phi) is 5.17. The highest BCUT2D eigenvalue weighted by Crippen LogP contribution is 2.24. The molecule has 0 aliphatic carbocycles. The molecule has 2 N–H and O–H groups in total. The van der Waals surface area contributed by atoms with Crippen molar-refractivity contribution < 1.29 is 19.4 Å². The molecule has 1 aromatic carbocycles. The lowest BCUT2D eigenvalue weighted by Crippen LogP contribution is -2.42. The summed E-state index contributed by atoms with van der Waals surface area (Å²) in [5.74, 6) is -0.483. The van der Waals surface area contributed by atoms with E-state index in [-0.39, 0.29) is 0 Å². The van der Waals surface area contributed by atoms with Crippen molar-refractivity contribution >= 4 is 33.6 Å². The Balaban J connectivity index is 2.82. The van der Waals surface area contributed by atoms with Crippen LogP contribution in [-0.4, -0.2) is 42.2 Å². The molecule has 0 radical (unpaired) electrons. The van der Waals surface area contributed by atoms with Gasteiger partial charge in [-0.15, -0.1) is 0 Å². The lowest BCUT2D eigenvalue weighted by atomic mass is 10.3. The molecule has 0 bridgehead atoms. The fourth-order valence-corrected chi connectivity index (χ4v) is 1.78. The monoisotopic (exact) mass is 330 g/mol. The van der Waals surface area contributed by atoms with Gasteiger partial charge in [0.25, 0.3) is 0 Å². The Hall–Kier alpha value is -1.76. The van der Waals surface area contributed by atoms with Gasteiger partial charge in [-0.1, -0.05) is 15.9 Å². The fraction of sp³-hybridized carbons (Fsp3) is 0.333. The first-order valence-corrected chi connectivity index (χ1v) is 6.25. The van der Waals surface area contributed by atoms with Crippen molar-refractivity contribution in [1.29, 1.82) is 0 Å². The maximum absolute atomic E-state index is 11.9. The summed E-state index contributed by atoms with van der Waals surface area (Å²) in [5.41, 5.74) is 0.515. The minimum Gasteiger partial charge on any atom is -0.497 e. The van der Waals surface area contributed by atoms with Gasteiger partial charge in [-0.2, -0.15) is 0 Å². The molecular weight excluding hydrogens is 316 g/mol. The van der Waals surface area contributed by atoms with E-state index < -0.39 is 18.0 Å². The summed E-state index contributed by atoms with van der Waals surface area (Å²) in [4.78, 5) is 23.8. The number of nitrogens with zero attached hydrogens (tertiary/aromatic N) is 1. The Bertz CT molecular complexity index is 493. The highest BCUT2D eigenvalue weighted by molar-refractivity contribution is 9.10. The smallest absolute Gasteiger partial charge is 0.326 e. The van der Waals surface area contributed by atoms with E-state index in [0.717, 1.165) is 9.37 Å². The van der Waals surface area contributed by atoms with Gasteiger partial charge in [0.05, 0.1) is 7.11 Å². The van der Waals surface area contributed by atoms with Crippen LogP contribution in [0.25, 0.3) is 0 Å². The number of amides is 2. The quantitative estimate of drug-likeness (QED) is 0.888. The number of hydrogen-bond acceptors (Lipinski definition) is 3. The minimum atomic E-state index is -1.07. The predicted molar refractivity (Wildman–Crippen MR) is 74.6 cm³/mol. The van der Waals surface area contributed by atoms with Crippen LogP contribution in [0.4, 0.5) is 10.5 Å². The van der Waals surface area contributed by atoms with Gasteiger partial charge in [-0.05, 0) is 19.1 Å². The van der Waals surface area contributed by atoms with Gasteiger partial charge in [0.15, 0.2) is 0 Å². The molecule has 0 saturated carbocycles. The number of carbonyl (C=O) groups is 2. The van der Waals surface area contributed by atoms with Crippen LogP contribution in [0.3, 0.4) is 0 Å². The van der Waals surface area contributed by atoms with Gasteiger partial charge in [0.1, 0.15) is 11.8 Å². The highest BCUT2D eigenvalue weighted by Gasteiger charge is 2.21. The summed E-state index contributed by atoms with van der Waals surface area (Å²) in [6.45, 7) is 1.43. The number of methoxy groups -OCH3 is 1. The van der Waals surface area contributed by atoms with Gasteiger partial charge in [-0.3, -0.25) is 0 Å². The zero-order valence-corrected chi connectivity index (χ0v) is 12.4. The fourth-order valence-electron chi connectivity index (χ4n) is 1.31. The van der Waals surface area contributed by atoms with Crippen LogP contribution in [-0.2, 0) is 4.79 Å². The average Bonchev–Trinajstić information content (AvgIpc) is 2.35. The number of nitrogens with one attached hydrogen (secondary N) is 1. The van der Waals surface area contributed by atoms with Crippen molar-refractivity contribution in [1.82, 2.24) is 4.90 Å². The summed E-state index contributed by atoms with van der Waals surface area (Å²) in [6.07, 6.45) is 0. The van der Waals surface area contributed by atoms with Crippen molar-refractivity contribution in [2.75, 3.05) is 19.5 Å². The first kappa shape index (κ1) is 15.3. The minimum absolute atomic E-state index is 0.505. The Morgan fingerprint density at radius 2 is 2.05 bits per heavy atom. The third-order valence-corrected chi connectivity index (χ3v) is 3.07. The van der Waals surface area contributed by atoms with Gasteiger partial charge < -0.3 is 20.1 Å². The SMILES string of the molecule is COc1cc(Br)cc(NC(=O)N(C)C(C)C(=O)O)c1. The molecule has 104 valence electrons. The Morgan fingerprint density at radius 3 is 2.58 bits per heavy atom. The molecule has 6 nitrogen and oxygen atoms in total. The van der Waals surface area contributed by atoms with Crippen molar-refractivity contribution in [3.63, 3.8) is 0 Å². The van der Waals surface area contributed by atoms with Crippen LogP contribution < -0.4 is 10.1 Å². The number of likely N-dealkylation sites (N-methyl/N-ethyl adjacent to an activating group) is 1. The summed E-state index contributed by atoms with van der Waals surface area (Å²) in [5, 5.41) is 11.5. The standard InChI is InChI=1S/C12H15BrN2O4/c1-7(11(16)17)15(2)12(18)14-9-4-8(13)5-10(6-9)19-3/h4-7H,1-3H3,(H,14,18)(H,16,17). The van der Waals surface area contributed by atoms with Crippen LogP contribution in [0.2, 0.25) is 0 Å². The lowest BCUT2D eigenvalue weighted by molar-refractivity contribution is -0.141. The summed E-state index contributed by atoms with van der Waals surface area (Å²) < 4.78 is 5.82. The largest absolute Gasteiger partial charge is 0.497 e. The molecular formula is C12H15BrN2O4. The predicted octanol–water partition coefficient (Wildman–Crippen LogP) is 2.39. The van der Waals surface area contributed by atoms with E-state index in [2.05, 4.69) is 21.2 Å². The zero-order valence-electron chi connectivity index (χ0n) is 10.8. The highest BCUT2D eigenvalue weighted by atomic mass is 79.9. The number of halogens is 1. The van der Waals surface area contributed by atoms with Crippen LogP contribution in [0, 0.1) is 0 Å². The summed E-state index contributed by atoms with van der Waals surface area (Å²) >= 11 is 3.29. The number of benzene rings is 1. The van der Waals surface area contributed by atoms with E-state index in [1.807, 2.05) is 0 Å². The first-order valence-electron chi connectivity index (χ1n) is 5.46. The second-order valence-corrected chi connectivity index (χ2v) is 4.85. The van der Waals surface area contributed by atoms with E-state index in [4.69, 9.17) is 9.84 Å². The molecule has 1 rings (SSSR count). The molecule has 0 aromatic heterocycles. The number of carboxylic acid groups (broad SMARTS) is 1. The maximum atomic E-state index is 11.9. The molecule has 0 aliphatic rings. The van der Waals surface area contributed by atoms with Gasteiger partial charge >= 0.3 is 12.0 Å². The van der Waals surface area contributed by atoms with E-state index in [9.17, 15) is 9.59 Å². The van der Waals surface area contributed by atoms with Crippen LogP contribution in [0.1, 0.15) is 6.92 Å². The molecule has 19 heavy (non-hydrogen) atoms. The van der Waals surface area contributed by atoms with Gasteiger partial charge in [0.2, 0.25) is 0 Å². The molecule has 0 heterocycles. The van der Waals surface area contributed by atoms with Gasteiger partial charge in [-0.25, -0.2) is 9.59 Å². The topological polar surface area (TPSA) is 78.9 Å². The number of carbonyl (C=O) groups excluding carboxylic acids is 1. The number of carboxylic acids is 1. The van der Waals surface area contributed by atoms with Crippen molar-refractivity contribution in [2.45, 2.75) is 13.0 Å². The normalized spacial score (nSPS) is 11.6. The molecule has 7 heteroatoms. The van der Waals surface area contributed by atoms with Crippen molar-refractivity contribution in [3.8, 4) is 5.75 Å². The molecule has 0 fully saturated rings. The lowest BCUT2D eigenvalue weighted by Gasteiger charge is -2.22. The zero-order chi connectivity index (χ0) is 14.6. The van der Waals surface area contributed by atoms with E-state index in [0.29, 0.717) is 11.4 Å².